The molecule has 1 aliphatic heterocycles. The van der Waals surface area contributed by atoms with Crippen LogP contribution in [0.15, 0.2) is 42.5 Å². The SMILES string of the molecule is CC(F)(F)C(C)(S)C(=O)N1CC=CC1c1ccccc1. The van der Waals surface area contributed by atoms with Crippen LogP contribution in [0, 0.1) is 0 Å². The standard InChI is InChI=1S/C15H17F2NOS/c1-14(20,15(2,16)17)13(19)18-10-6-9-12(18)11-7-4-3-5-8-11/h3-9,12,20H,10H2,1-2H3. The summed E-state index contributed by atoms with van der Waals surface area (Å²) >= 11 is 3.92. The van der Waals surface area contributed by atoms with Crippen LogP contribution >= 0.6 is 12.6 Å². The third kappa shape index (κ3) is 2.59. The smallest absolute Gasteiger partial charge is 0.268 e. The average molecular weight is 297 g/mol. The minimum atomic E-state index is -3.20. The Labute approximate surface area is 122 Å². The first-order valence-electron chi connectivity index (χ1n) is 6.38. The molecular formula is C15H17F2NOS. The molecule has 2 nitrogen and oxygen atoms in total. The molecule has 1 amide bonds. The zero-order chi connectivity index (χ0) is 15.0. The molecule has 1 heterocycles. The number of hydrogen-bond donors (Lipinski definition) is 1. The zero-order valence-electron chi connectivity index (χ0n) is 11.4. The molecule has 5 heteroatoms. The van der Waals surface area contributed by atoms with E-state index in [4.69, 9.17) is 0 Å². The van der Waals surface area contributed by atoms with E-state index in [1.165, 1.54) is 11.8 Å². The molecule has 1 aliphatic rings. The number of hydrogen-bond acceptors (Lipinski definition) is 2. The van der Waals surface area contributed by atoms with Crippen LogP contribution in [0.25, 0.3) is 0 Å². The van der Waals surface area contributed by atoms with Gasteiger partial charge in [-0.25, -0.2) is 8.78 Å². The maximum atomic E-state index is 13.6. The highest BCUT2D eigenvalue weighted by molar-refractivity contribution is 7.82. The summed E-state index contributed by atoms with van der Waals surface area (Å²) < 4.78 is 25.2. The van der Waals surface area contributed by atoms with E-state index in [0.717, 1.165) is 12.5 Å². The van der Waals surface area contributed by atoms with Crippen molar-refractivity contribution in [3.05, 3.63) is 48.0 Å². The molecule has 0 saturated heterocycles. The van der Waals surface area contributed by atoms with Crippen LogP contribution in [0.2, 0.25) is 0 Å². The van der Waals surface area contributed by atoms with E-state index in [2.05, 4.69) is 12.6 Å². The summed E-state index contributed by atoms with van der Waals surface area (Å²) in [4.78, 5) is 13.9. The van der Waals surface area contributed by atoms with Gasteiger partial charge in [-0.1, -0.05) is 42.5 Å². The van der Waals surface area contributed by atoms with E-state index in [0.29, 0.717) is 6.54 Å². The normalized spacial score (nSPS) is 21.9. The van der Waals surface area contributed by atoms with Crippen molar-refractivity contribution in [1.82, 2.24) is 4.90 Å². The largest absolute Gasteiger partial charge is 0.327 e. The lowest BCUT2D eigenvalue weighted by Gasteiger charge is -2.35. The van der Waals surface area contributed by atoms with Crippen molar-refractivity contribution in [3.8, 4) is 0 Å². The van der Waals surface area contributed by atoms with Crippen molar-refractivity contribution in [1.29, 1.82) is 0 Å². The van der Waals surface area contributed by atoms with Crippen molar-refractivity contribution < 1.29 is 13.6 Å². The molecule has 0 bridgehead atoms. The van der Waals surface area contributed by atoms with Crippen LogP contribution in [0.5, 0.6) is 0 Å². The molecule has 108 valence electrons. The molecule has 0 radical (unpaired) electrons. The number of alkyl halides is 2. The fourth-order valence-corrected chi connectivity index (χ4v) is 2.27. The van der Waals surface area contributed by atoms with Gasteiger partial charge >= 0.3 is 0 Å². The van der Waals surface area contributed by atoms with Crippen LogP contribution in [-0.4, -0.2) is 28.0 Å². The van der Waals surface area contributed by atoms with Crippen molar-refractivity contribution in [3.63, 3.8) is 0 Å². The second-order valence-corrected chi connectivity index (χ2v) is 6.10. The van der Waals surface area contributed by atoms with Crippen LogP contribution in [-0.2, 0) is 4.79 Å². The maximum Gasteiger partial charge on any atom is 0.268 e. The van der Waals surface area contributed by atoms with Gasteiger partial charge in [0, 0.05) is 13.5 Å². The first-order valence-corrected chi connectivity index (χ1v) is 6.83. The summed E-state index contributed by atoms with van der Waals surface area (Å²) in [5.41, 5.74) is 0.901. The molecule has 0 fully saturated rings. The fraction of sp³-hybridized carbons (Fsp3) is 0.400. The second-order valence-electron chi connectivity index (χ2n) is 5.20. The highest BCUT2D eigenvalue weighted by Gasteiger charge is 2.52. The summed E-state index contributed by atoms with van der Waals surface area (Å²) in [7, 11) is 0. The number of nitrogens with zero attached hydrogens (tertiary/aromatic N) is 1. The van der Waals surface area contributed by atoms with Gasteiger partial charge in [-0.2, -0.15) is 12.6 Å². The molecule has 0 saturated carbocycles. The minimum Gasteiger partial charge on any atom is -0.327 e. The van der Waals surface area contributed by atoms with Gasteiger partial charge in [0.25, 0.3) is 5.92 Å². The molecule has 20 heavy (non-hydrogen) atoms. The first kappa shape index (κ1) is 15.0. The van der Waals surface area contributed by atoms with Gasteiger partial charge in [-0.3, -0.25) is 4.79 Å². The topological polar surface area (TPSA) is 20.3 Å². The summed E-state index contributed by atoms with van der Waals surface area (Å²) in [6.45, 7) is 2.21. The number of benzene rings is 1. The summed E-state index contributed by atoms with van der Waals surface area (Å²) in [6.07, 6.45) is 3.66. The van der Waals surface area contributed by atoms with Gasteiger partial charge in [0.1, 0.15) is 0 Å². The fourth-order valence-electron chi connectivity index (χ4n) is 2.14. The summed E-state index contributed by atoms with van der Waals surface area (Å²) in [5, 5.41) is 0. The lowest BCUT2D eigenvalue weighted by Crippen LogP contribution is -2.52. The number of amides is 1. The van der Waals surface area contributed by atoms with Crippen LogP contribution < -0.4 is 0 Å². The second kappa shape index (κ2) is 5.20. The maximum absolute atomic E-state index is 13.6. The Balaban J connectivity index is 2.27. The molecule has 0 aromatic heterocycles. The van der Waals surface area contributed by atoms with Gasteiger partial charge in [-0.15, -0.1) is 0 Å². The molecule has 1 aromatic carbocycles. The third-order valence-corrected chi connectivity index (χ3v) is 4.21. The van der Waals surface area contributed by atoms with Crippen molar-refractivity contribution in [2.75, 3.05) is 6.54 Å². The Bertz CT molecular complexity index is 522. The summed E-state index contributed by atoms with van der Waals surface area (Å²) in [6, 6.07) is 9.03. The molecule has 0 spiro atoms. The predicted molar refractivity (Wildman–Crippen MR) is 78.0 cm³/mol. The van der Waals surface area contributed by atoms with Crippen LogP contribution in [0.3, 0.4) is 0 Å². The van der Waals surface area contributed by atoms with Crippen molar-refractivity contribution in [2.45, 2.75) is 30.6 Å². The van der Waals surface area contributed by atoms with Crippen LogP contribution in [0.4, 0.5) is 8.78 Å². The highest BCUT2D eigenvalue weighted by atomic mass is 32.1. The Hall–Kier alpha value is -1.36. The third-order valence-electron chi connectivity index (χ3n) is 3.63. The van der Waals surface area contributed by atoms with E-state index in [9.17, 15) is 13.6 Å². The van der Waals surface area contributed by atoms with E-state index in [-0.39, 0.29) is 6.04 Å². The average Bonchev–Trinajstić information content (AvgIpc) is 2.86. The Morgan fingerprint density at radius 1 is 1.30 bits per heavy atom. The first-order chi connectivity index (χ1) is 9.25. The Kier molecular flexibility index (Phi) is 3.91. The van der Waals surface area contributed by atoms with Crippen molar-refractivity contribution >= 4 is 18.5 Å². The van der Waals surface area contributed by atoms with Crippen LogP contribution in [0.1, 0.15) is 25.5 Å². The summed E-state index contributed by atoms with van der Waals surface area (Å²) in [5.74, 6) is -3.86. The number of halogens is 2. The molecule has 0 aliphatic carbocycles. The van der Waals surface area contributed by atoms with Gasteiger partial charge in [-0.05, 0) is 12.5 Å². The molecule has 2 atom stereocenters. The lowest BCUT2D eigenvalue weighted by molar-refractivity contribution is -0.143. The lowest BCUT2D eigenvalue weighted by atomic mass is 10.00. The number of rotatable bonds is 3. The quantitative estimate of drug-likeness (QED) is 0.669. The monoisotopic (exact) mass is 297 g/mol. The molecule has 2 unspecified atom stereocenters. The Morgan fingerprint density at radius 3 is 2.45 bits per heavy atom. The van der Waals surface area contributed by atoms with E-state index in [1.54, 1.807) is 0 Å². The molecular weight excluding hydrogens is 280 g/mol. The van der Waals surface area contributed by atoms with Gasteiger partial charge in [0.05, 0.1) is 6.04 Å². The highest BCUT2D eigenvalue weighted by Crippen LogP contribution is 2.38. The number of carbonyl (C=O) groups is 1. The van der Waals surface area contributed by atoms with Gasteiger partial charge < -0.3 is 4.90 Å². The Morgan fingerprint density at radius 2 is 1.90 bits per heavy atom. The van der Waals surface area contributed by atoms with E-state index < -0.39 is 16.6 Å². The number of thiol groups is 1. The number of carbonyl (C=O) groups excluding carboxylic acids is 1. The predicted octanol–water partition coefficient (Wildman–Crippen LogP) is 3.47. The van der Waals surface area contributed by atoms with Gasteiger partial charge in [0.15, 0.2) is 4.75 Å². The van der Waals surface area contributed by atoms with Crippen molar-refractivity contribution in [2.24, 2.45) is 0 Å². The molecule has 2 rings (SSSR count). The van der Waals surface area contributed by atoms with E-state index >= 15 is 0 Å². The zero-order valence-corrected chi connectivity index (χ0v) is 12.3. The van der Waals surface area contributed by atoms with Gasteiger partial charge in [0.2, 0.25) is 5.91 Å². The molecule has 1 aromatic rings. The molecule has 0 N–H and O–H groups in total. The van der Waals surface area contributed by atoms with E-state index in [1.807, 2.05) is 42.5 Å². The minimum absolute atomic E-state index is 0.308.